The van der Waals surface area contributed by atoms with E-state index in [1.54, 1.807) is 24.3 Å². The van der Waals surface area contributed by atoms with Crippen LogP contribution in [0.5, 0.6) is 17.2 Å². The second kappa shape index (κ2) is 9.13. The van der Waals surface area contributed by atoms with Crippen molar-refractivity contribution in [2.24, 2.45) is 0 Å². The van der Waals surface area contributed by atoms with Gasteiger partial charge < -0.3 is 9.47 Å². The molecule has 0 unspecified atom stereocenters. The Labute approximate surface area is 198 Å². The van der Waals surface area contributed by atoms with Gasteiger partial charge in [0.25, 0.3) is 0 Å². The molecule has 0 atom stereocenters. The maximum absolute atomic E-state index is 14.8. The van der Waals surface area contributed by atoms with E-state index in [2.05, 4.69) is 0 Å². The zero-order valence-electron chi connectivity index (χ0n) is 18.1. The van der Waals surface area contributed by atoms with Crippen LogP contribution in [0, 0.1) is 6.92 Å². The van der Waals surface area contributed by atoms with Crippen LogP contribution in [0.25, 0.3) is 0 Å². The van der Waals surface area contributed by atoms with Crippen molar-refractivity contribution in [2.45, 2.75) is 27.9 Å². The molecule has 0 saturated heterocycles. The highest BCUT2D eigenvalue weighted by molar-refractivity contribution is 7.91. The number of benzene rings is 3. The Hall–Kier alpha value is -3.16. The summed E-state index contributed by atoms with van der Waals surface area (Å²) < 4.78 is 125. The molecule has 13 heteroatoms. The molecule has 0 aliphatic carbocycles. The van der Waals surface area contributed by atoms with Crippen LogP contribution in [0.15, 0.2) is 76.5 Å². The molecule has 0 aromatic heterocycles. The van der Waals surface area contributed by atoms with Crippen LogP contribution in [0.2, 0.25) is 0 Å². The lowest BCUT2D eigenvalue weighted by Crippen LogP contribution is -2.45. The largest absolute Gasteiger partial charge is 0.497 e. The van der Waals surface area contributed by atoms with Gasteiger partial charge in [0.2, 0.25) is 9.84 Å². The molecule has 3 aromatic rings. The third-order valence-electron chi connectivity index (χ3n) is 4.89. The van der Waals surface area contributed by atoms with Crippen molar-refractivity contribution in [1.29, 1.82) is 0 Å². The number of aryl methyl sites for hydroxylation is 1. The summed E-state index contributed by atoms with van der Waals surface area (Å²) in [4.78, 5) is -1.87. The number of ether oxygens (including phenoxy) is 2. The van der Waals surface area contributed by atoms with E-state index in [0.717, 1.165) is 30.9 Å². The van der Waals surface area contributed by atoms with Crippen LogP contribution in [0.4, 0.5) is 17.6 Å². The van der Waals surface area contributed by atoms with Gasteiger partial charge in [-0.05, 0) is 61.5 Å². The SMILES string of the molecule is COc1ccc(S(=O)(=O)c2ccc(Oc3ccc(C)cc3)cc2)c(C(F)(F)C(F)(F)S(=O)(=O)O)c1. The highest BCUT2D eigenvalue weighted by Crippen LogP contribution is 2.49. The Balaban J connectivity index is 2.08. The molecule has 7 nitrogen and oxygen atoms in total. The summed E-state index contributed by atoms with van der Waals surface area (Å²) >= 11 is 0. The molecule has 3 rings (SSSR count). The minimum atomic E-state index is -6.63. The standard InChI is InChI=1S/C22H18F4O7S2/c1-14-3-5-15(6-4-14)33-16-7-10-18(11-8-16)34(27,28)20-12-9-17(32-2)13-19(20)21(23,24)22(25,26)35(29,30)31/h3-13H,1-2H3,(H,29,30,31). The molecule has 0 aliphatic rings. The van der Waals surface area contributed by atoms with Gasteiger partial charge >= 0.3 is 21.3 Å². The van der Waals surface area contributed by atoms with Gasteiger partial charge in [0.15, 0.2) is 0 Å². The van der Waals surface area contributed by atoms with Crippen molar-refractivity contribution >= 4 is 20.0 Å². The second-order valence-corrected chi connectivity index (χ2v) is 10.7. The Morgan fingerprint density at radius 2 is 1.26 bits per heavy atom. The number of alkyl halides is 4. The molecule has 0 spiro atoms. The molecule has 35 heavy (non-hydrogen) atoms. The lowest BCUT2D eigenvalue weighted by atomic mass is 10.1. The van der Waals surface area contributed by atoms with Gasteiger partial charge in [0.05, 0.1) is 22.5 Å². The van der Waals surface area contributed by atoms with E-state index in [0.29, 0.717) is 11.8 Å². The normalized spacial score (nSPS) is 12.9. The number of rotatable bonds is 8. The summed E-state index contributed by atoms with van der Waals surface area (Å²) in [5, 5.41) is -6.04. The first-order valence-electron chi connectivity index (χ1n) is 9.62. The molecule has 188 valence electrons. The number of methoxy groups -OCH3 is 1. The number of sulfone groups is 1. The van der Waals surface area contributed by atoms with Crippen LogP contribution >= 0.6 is 0 Å². The molecule has 0 radical (unpaired) electrons. The Morgan fingerprint density at radius 1 is 0.771 bits per heavy atom. The van der Waals surface area contributed by atoms with E-state index in [-0.39, 0.29) is 11.8 Å². The number of halogens is 4. The van der Waals surface area contributed by atoms with E-state index < -0.39 is 52.2 Å². The first-order chi connectivity index (χ1) is 16.1. The lowest BCUT2D eigenvalue weighted by molar-refractivity contribution is -0.168. The van der Waals surface area contributed by atoms with Gasteiger partial charge in [-0.15, -0.1) is 0 Å². The smallest absolute Gasteiger partial charge is 0.436 e. The van der Waals surface area contributed by atoms with Crippen molar-refractivity contribution in [3.63, 3.8) is 0 Å². The molecule has 0 bridgehead atoms. The minimum absolute atomic E-state index is 0.200. The summed E-state index contributed by atoms with van der Waals surface area (Å²) in [6, 6.07) is 13.1. The summed E-state index contributed by atoms with van der Waals surface area (Å²) in [7, 11) is -10.5. The van der Waals surface area contributed by atoms with E-state index in [4.69, 9.17) is 14.0 Å². The molecule has 0 fully saturated rings. The topological polar surface area (TPSA) is 107 Å². The van der Waals surface area contributed by atoms with Gasteiger partial charge in [-0.25, -0.2) is 8.42 Å². The molecular formula is C22H18F4O7S2. The maximum Gasteiger partial charge on any atom is 0.436 e. The number of hydrogen-bond donors (Lipinski definition) is 1. The summed E-state index contributed by atoms with van der Waals surface area (Å²) in [5.41, 5.74) is -0.898. The monoisotopic (exact) mass is 534 g/mol. The zero-order valence-corrected chi connectivity index (χ0v) is 19.7. The average Bonchev–Trinajstić information content (AvgIpc) is 2.79. The summed E-state index contributed by atoms with van der Waals surface area (Å²) in [6.45, 7) is 1.87. The number of hydrogen-bond acceptors (Lipinski definition) is 6. The van der Waals surface area contributed by atoms with Crippen molar-refractivity contribution in [1.82, 2.24) is 0 Å². The highest BCUT2D eigenvalue weighted by atomic mass is 32.2. The Morgan fingerprint density at radius 3 is 1.74 bits per heavy atom. The van der Waals surface area contributed by atoms with Gasteiger partial charge in [-0.2, -0.15) is 26.0 Å². The van der Waals surface area contributed by atoms with Crippen LogP contribution in [-0.2, 0) is 25.9 Å². The second-order valence-electron chi connectivity index (χ2n) is 7.32. The average molecular weight is 535 g/mol. The summed E-state index contributed by atoms with van der Waals surface area (Å²) in [5.74, 6) is -5.46. The first-order valence-corrected chi connectivity index (χ1v) is 12.5. The van der Waals surface area contributed by atoms with Crippen molar-refractivity contribution in [2.75, 3.05) is 7.11 Å². The highest BCUT2D eigenvalue weighted by Gasteiger charge is 2.67. The predicted molar refractivity (Wildman–Crippen MR) is 117 cm³/mol. The van der Waals surface area contributed by atoms with E-state index in [9.17, 15) is 34.4 Å². The van der Waals surface area contributed by atoms with Gasteiger partial charge in [0, 0.05) is 0 Å². The predicted octanol–water partition coefficient (Wildman–Crippen LogP) is 5.20. The van der Waals surface area contributed by atoms with Crippen LogP contribution in [0.1, 0.15) is 11.1 Å². The fraction of sp³-hybridized carbons (Fsp3) is 0.182. The van der Waals surface area contributed by atoms with E-state index >= 15 is 0 Å². The van der Waals surface area contributed by atoms with Crippen LogP contribution < -0.4 is 9.47 Å². The fourth-order valence-electron chi connectivity index (χ4n) is 2.99. The van der Waals surface area contributed by atoms with Crippen molar-refractivity contribution < 1.29 is 48.4 Å². The molecule has 0 amide bonds. The zero-order chi connectivity index (χ0) is 26.2. The molecule has 0 aliphatic heterocycles. The van der Waals surface area contributed by atoms with Crippen LogP contribution in [0.3, 0.4) is 0 Å². The van der Waals surface area contributed by atoms with Gasteiger partial charge in [0.1, 0.15) is 17.2 Å². The third kappa shape index (κ3) is 4.97. The third-order valence-corrected chi connectivity index (χ3v) is 7.63. The molecule has 3 aromatic carbocycles. The lowest BCUT2D eigenvalue weighted by Gasteiger charge is -2.26. The fourth-order valence-corrected chi connectivity index (χ4v) is 4.90. The maximum atomic E-state index is 14.8. The Bertz CT molecular complexity index is 1440. The van der Waals surface area contributed by atoms with E-state index in [1.807, 2.05) is 6.92 Å². The first kappa shape index (κ1) is 26.4. The molecule has 0 heterocycles. The quantitative estimate of drug-likeness (QED) is 0.313. The van der Waals surface area contributed by atoms with Gasteiger partial charge in [-0.3, -0.25) is 4.55 Å². The Kier molecular flexibility index (Phi) is 6.90. The van der Waals surface area contributed by atoms with Gasteiger partial charge in [-0.1, -0.05) is 17.7 Å². The van der Waals surface area contributed by atoms with Crippen LogP contribution in [-0.4, -0.2) is 33.8 Å². The summed E-state index contributed by atoms with van der Waals surface area (Å²) in [6.07, 6.45) is 0. The molecule has 1 N–H and O–H groups in total. The molecule has 0 saturated carbocycles. The van der Waals surface area contributed by atoms with E-state index in [1.165, 1.54) is 12.1 Å². The minimum Gasteiger partial charge on any atom is -0.497 e. The van der Waals surface area contributed by atoms with Crippen molar-refractivity contribution in [3.8, 4) is 17.2 Å². The molecular weight excluding hydrogens is 516 g/mol. The van der Waals surface area contributed by atoms with Crippen molar-refractivity contribution in [3.05, 3.63) is 77.9 Å².